The van der Waals surface area contributed by atoms with Gasteiger partial charge in [-0.3, -0.25) is 0 Å². The summed E-state index contributed by atoms with van der Waals surface area (Å²) in [6.45, 7) is 5.93. The first kappa shape index (κ1) is 16.2. The molecule has 0 radical (unpaired) electrons. The first-order valence-electron chi connectivity index (χ1n) is 7.63. The molecular weight excluding hydrogens is 286 g/mol. The first-order valence-corrected chi connectivity index (χ1v) is 9.52. The van der Waals surface area contributed by atoms with E-state index in [1.165, 1.54) is 6.26 Å². The van der Waals surface area contributed by atoms with Crippen molar-refractivity contribution in [3.8, 4) is 0 Å². The molecule has 21 heavy (non-hydrogen) atoms. The van der Waals surface area contributed by atoms with Crippen LogP contribution in [-0.2, 0) is 9.84 Å². The Kier molecular flexibility index (Phi) is 5.58. The zero-order valence-electron chi connectivity index (χ0n) is 12.9. The highest BCUT2D eigenvalue weighted by atomic mass is 32.2. The molecule has 1 aliphatic rings. The second kappa shape index (κ2) is 7.22. The monoisotopic (exact) mass is 311 g/mol. The maximum atomic E-state index is 12.0. The number of piperidine rings is 1. The number of sulfone groups is 1. The molecule has 0 aromatic carbocycles. The molecule has 0 spiro atoms. The molecular formula is C15H25N3O2S. The van der Waals surface area contributed by atoms with Crippen molar-refractivity contribution in [2.45, 2.75) is 31.1 Å². The summed E-state index contributed by atoms with van der Waals surface area (Å²) in [5.41, 5.74) is 0. The van der Waals surface area contributed by atoms with Gasteiger partial charge in [0.05, 0.1) is 0 Å². The second-order valence-corrected chi connectivity index (χ2v) is 7.72. The van der Waals surface area contributed by atoms with Crippen molar-refractivity contribution in [1.82, 2.24) is 10.3 Å². The number of hydrogen-bond donors (Lipinski definition) is 1. The van der Waals surface area contributed by atoms with Gasteiger partial charge in [0.15, 0.2) is 9.84 Å². The Morgan fingerprint density at radius 1 is 1.38 bits per heavy atom. The Bertz CT molecular complexity index is 554. The fraction of sp³-hybridized carbons (Fsp3) is 0.667. The van der Waals surface area contributed by atoms with Crippen LogP contribution in [0, 0.1) is 5.92 Å². The van der Waals surface area contributed by atoms with E-state index in [1.54, 1.807) is 18.3 Å². The van der Waals surface area contributed by atoms with E-state index in [4.69, 9.17) is 0 Å². The fourth-order valence-corrected chi connectivity index (χ4v) is 3.68. The smallest absolute Gasteiger partial charge is 0.179 e. The van der Waals surface area contributed by atoms with Crippen molar-refractivity contribution in [2.24, 2.45) is 5.92 Å². The molecule has 5 nitrogen and oxygen atoms in total. The average molecular weight is 311 g/mol. The summed E-state index contributed by atoms with van der Waals surface area (Å²) >= 11 is 0. The van der Waals surface area contributed by atoms with Crippen LogP contribution in [0.25, 0.3) is 0 Å². The van der Waals surface area contributed by atoms with Crippen molar-refractivity contribution in [3.63, 3.8) is 0 Å². The summed E-state index contributed by atoms with van der Waals surface area (Å²) in [5.74, 6) is 1.22. The molecule has 1 fully saturated rings. The Morgan fingerprint density at radius 2 is 2.10 bits per heavy atom. The van der Waals surface area contributed by atoms with Gasteiger partial charge < -0.3 is 10.2 Å². The summed E-state index contributed by atoms with van der Waals surface area (Å²) in [6, 6.07) is 3.34. The van der Waals surface area contributed by atoms with Gasteiger partial charge in [-0.1, -0.05) is 6.92 Å². The van der Waals surface area contributed by atoms with Crippen LogP contribution in [-0.4, -0.2) is 45.8 Å². The van der Waals surface area contributed by atoms with Crippen molar-refractivity contribution in [3.05, 3.63) is 18.3 Å². The van der Waals surface area contributed by atoms with E-state index in [0.29, 0.717) is 16.6 Å². The minimum absolute atomic E-state index is 0.340. The van der Waals surface area contributed by atoms with Crippen LogP contribution >= 0.6 is 0 Å². The molecule has 6 heteroatoms. The van der Waals surface area contributed by atoms with E-state index in [2.05, 4.69) is 22.1 Å². The fourth-order valence-electron chi connectivity index (χ4n) is 2.84. The average Bonchev–Trinajstić information content (AvgIpc) is 2.47. The van der Waals surface area contributed by atoms with Crippen LogP contribution < -0.4 is 10.2 Å². The summed E-state index contributed by atoms with van der Waals surface area (Å²) in [7, 11) is -3.25. The predicted octanol–water partition coefficient (Wildman–Crippen LogP) is 1.70. The number of aromatic nitrogens is 1. The van der Waals surface area contributed by atoms with Crippen molar-refractivity contribution >= 4 is 15.7 Å². The van der Waals surface area contributed by atoms with Gasteiger partial charge in [-0.25, -0.2) is 13.4 Å². The van der Waals surface area contributed by atoms with Gasteiger partial charge in [-0.05, 0) is 50.4 Å². The van der Waals surface area contributed by atoms with Crippen LogP contribution in [0.5, 0.6) is 0 Å². The number of nitrogens with zero attached hydrogens (tertiary/aromatic N) is 2. The molecule has 1 aromatic heterocycles. The number of nitrogens with one attached hydrogen (secondary N) is 1. The molecule has 118 valence electrons. The number of rotatable bonds is 6. The van der Waals surface area contributed by atoms with Crippen molar-refractivity contribution in [2.75, 3.05) is 37.3 Å². The van der Waals surface area contributed by atoms with E-state index >= 15 is 0 Å². The van der Waals surface area contributed by atoms with Crippen LogP contribution in [0.1, 0.15) is 26.2 Å². The lowest BCUT2D eigenvalue weighted by Crippen LogP contribution is -2.37. The highest BCUT2D eigenvalue weighted by Gasteiger charge is 2.22. The van der Waals surface area contributed by atoms with Gasteiger partial charge in [0.25, 0.3) is 0 Å². The van der Waals surface area contributed by atoms with E-state index in [9.17, 15) is 8.42 Å². The summed E-state index contributed by atoms with van der Waals surface area (Å²) in [4.78, 5) is 6.85. The summed E-state index contributed by atoms with van der Waals surface area (Å²) in [6.07, 6.45) is 6.19. The molecule has 0 bridgehead atoms. The van der Waals surface area contributed by atoms with Gasteiger partial charge in [-0.15, -0.1) is 0 Å². The zero-order valence-corrected chi connectivity index (χ0v) is 13.7. The zero-order chi connectivity index (χ0) is 15.3. The van der Waals surface area contributed by atoms with Gasteiger partial charge in [-0.2, -0.15) is 0 Å². The third-order valence-corrected chi connectivity index (χ3v) is 5.00. The Hall–Kier alpha value is -1.14. The maximum absolute atomic E-state index is 12.0. The molecule has 1 saturated heterocycles. The number of anilines is 1. The van der Waals surface area contributed by atoms with Gasteiger partial charge in [0.2, 0.25) is 0 Å². The third kappa shape index (κ3) is 4.41. The predicted molar refractivity (Wildman–Crippen MR) is 85.4 cm³/mol. The van der Waals surface area contributed by atoms with Crippen LogP contribution in [0.3, 0.4) is 0 Å². The largest absolute Gasteiger partial charge is 0.355 e. The molecule has 0 aliphatic carbocycles. The lowest BCUT2D eigenvalue weighted by molar-refractivity contribution is 0.372. The highest BCUT2D eigenvalue weighted by Crippen LogP contribution is 2.25. The summed E-state index contributed by atoms with van der Waals surface area (Å²) < 4.78 is 24.0. The lowest BCUT2D eigenvalue weighted by atomic mass is 9.97. The first-order chi connectivity index (χ1) is 10.0. The van der Waals surface area contributed by atoms with Crippen LogP contribution in [0.15, 0.2) is 23.2 Å². The Morgan fingerprint density at radius 3 is 2.71 bits per heavy atom. The number of pyridine rings is 1. The minimum atomic E-state index is -3.25. The molecule has 2 heterocycles. The third-order valence-electron chi connectivity index (χ3n) is 3.88. The van der Waals surface area contributed by atoms with Crippen molar-refractivity contribution < 1.29 is 8.42 Å². The normalized spacial score (nSPS) is 16.9. The number of hydrogen-bond acceptors (Lipinski definition) is 5. The van der Waals surface area contributed by atoms with E-state index in [0.717, 1.165) is 45.4 Å². The molecule has 0 atom stereocenters. The minimum Gasteiger partial charge on any atom is -0.355 e. The molecule has 0 unspecified atom stereocenters. The second-order valence-electron chi connectivity index (χ2n) is 5.74. The van der Waals surface area contributed by atoms with E-state index in [-0.39, 0.29) is 0 Å². The quantitative estimate of drug-likeness (QED) is 0.866. The van der Waals surface area contributed by atoms with E-state index < -0.39 is 9.84 Å². The van der Waals surface area contributed by atoms with Gasteiger partial charge in [0, 0.05) is 25.5 Å². The molecule has 1 aromatic rings. The molecule has 1 N–H and O–H groups in total. The van der Waals surface area contributed by atoms with Crippen LogP contribution in [0.2, 0.25) is 0 Å². The van der Waals surface area contributed by atoms with E-state index in [1.807, 2.05) is 0 Å². The molecule has 0 saturated carbocycles. The van der Waals surface area contributed by atoms with Gasteiger partial charge in [0.1, 0.15) is 10.7 Å². The molecule has 0 amide bonds. The molecule has 2 rings (SSSR count). The Balaban J connectivity index is 2.25. The highest BCUT2D eigenvalue weighted by molar-refractivity contribution is 7.90. The topological polar surface area (TPSA) is 62.3 Å². The molecule has 1 aliphatic heterocycles. The lowest BCUT2D eigenvalue weighted by Gasteiger charge is -2.31. The summed E-state index contributed by atoms with van der Waals surface area (Å²) in [5, 5.41) is 3.37. The van der Waals surface area contributed by atoms with Crippen molar-refractivity contribution in [1.29, 1.82) is 0 Å². The Labute approximate surface area is 127 Å². The maximum Gasteiger partial charge on any atom is 0.179 e. The standard InChI is InChI=1S/C15H25N3O2S/c1-3-11-18(12-13-6-9-16-10-7-13)15-14(21(2,19)20)5-4-8-17-15/h4-5,8,13,16H,3,6-7,9-12H2,1-2H3. The van der Waals surface area contributed by atoms with Gasteiger partial charge >= 0.3 is 0 Å². The van der Waals surface area contributed by atoms with Crippen LogP contribution in [0.4, 0.5) is 5.82 Å². The SMILES string of the molecule is CCCN(CC1CCNCC1)c1ncccc1S(C)(=O)=O.